The van der Waals surface area contributed by atoms with Crippen LogP contribution in [0.4, 0.5) is 0 Å². The monoisotopic (exact) mass is 210 g/mol. The van der Waals surface area contributed by atoms with Crippen LogP contribution in [0.2, 0.25) is 0 Å². The highest BCUT2D eigenvalue weighted by Crippen LogP contribution is 2.14. The molecule has 0 fully saturated rings. The first-order chi connectivity index (χ1) is 6.97. The molecule has 0 radical (unpaired) electrons. The normalized spacial score (nSPS) is 16.8. The molecule has 1 amide bonds. The van der Waals surface area contributed by atoms with E-state index in [-0.39, 0.29) is 11.9 Å². The molecule has 0 aliphatic heterocycles. The Morgan fingerprint density at radius 1 is 1.73 bits per heavy atom. The summed E-state index contributed by atoms with van der Waals surface area (Å²) in [4.78, 5) is 11.7. The molecule has 0 saturated carbocycles. The highest BCUT2D eigenvalue weighted by Gasteiger charge is 2.27. The van der Waals surface area contributed by atoms with E-state index in [2.05, 4.69) is 5.32 Å². The maximum absolute atomic E-state index is 11.7. The zero-order valence-electron chi connectivity index (χ0n) is 9.41. The van der Waals surface area contributed by atoms with Gasteiger partial charge < -0.3 is 15.5 Å². The second kappa shape index (κ2) is 4.49. The molecule has 4 heteroatoms. The summed E-state index contributed by atoms with van der Waals surface area (Å²) in [7, 11) is 0. The summed E-state index contributed by atoms with van der Waals surface area (Å²) >= 11 is 0. The fourth-order valence-corrected chi connectivity index (χ4v) is 1.13. The lowest BCUT2D eigenvalue weighted by atomic mass is 9.99. The number of furan rings is 1. The number of nitrogens with two attached hydrogens (primary N) is 1. The van der Waals surface area contributed by atoms with Crippen molar-refractivity contribution >= 4 is 5.91 Å². The minimum atomic E-state index is -0.819. The third kappa shape index (κ3) is 2.83. The van der Waals surface area contributed by atoms with Gasteiger partial charge in [-0.05, 0) is 32.4 Å². The van der Waals surface area contributed by atoms with Gasteiger partial charge in [0.2, 0.25) is 5.91 Å². The summed E-state index contributed by atoms with van der Waals surface area (Å²) in [5.74, 6) is 0.573. The molecule has 1 aromatic rings. The molecule has 0 bridgehead atoms. The molecule has 2 atom stereocenters. The molecule has 15 heavy (non-hydrogen) atoms. The Hall–Kier alpha value is -1.29. The predicted molar refractivity (Wildman–Crippen MR) is 58.1 cm³/mol. The van der Waals surface area contributed by atoms with E-state index in [9.17, 15) is 4.79 Å². The number of nitrogens with one attached hydrogen (secondary N) is 1. The lowest BCUT2D eigenvalue weighted by molar-refractivity contribution is -0.126. The Kier molecular flexibility index (Phi) is 3.52. The quantitative estimate of drug-likeness (QED) is 0.792. The van der Waals surface area contributed by atoms with E-state index in [1.165, 1.54) is 0 Å². The van der Waals surface area contributed by atoms with Crippen LogP contribution >= 0.6 is 0 Å². The Balaban J connectivity index is 2.60. The van der Waals surface area contributed by atoms with Gasteiger partial charge in [-0.15, -0.1) is 0 Å². The molecule has 0 aliphatic rings. The minimum absolute atomic E-state index is 0.151. The van der Waals surface area contributed by atoms with E-state index >= 15 is 0 Å². The average Bonchev–Trinajstić information content (AvgIpc) is 2.70. The Labute approximate surface area is 89.8 Å². The zero-order valence-corrected chi connectivity index (χ0v) is 9.41. The molecule has 0 spiro atoms. The molecule has 0 saturated heterocycles. The number of carbonyl (C=O) groups is 1. The fraction of sp³-hybridized carbons (Fsp3) is 0.545. The van der Waals surface area contributed by atoms with Gasteiger partial charge in [0.15, 0.2) is 0 Å². The van der Waals surface area contributed by atoms with Crippen LogP contribution < -0.4 is 11.1 Å². The molecular weight excluding hydrogens is 192 g/mol. The van der Waals surface area contributed by atoms with E-state index in [1.807, 2.05) is 19.9 Å². The summed E-state index contributed by atoms with van der Waals surface area (Å²) < 4.78 is 5.19. The molecule has 4 nitrogen and oxygen atoms in total. The van der Waals surface area contributed by atoms with Gasteiger partial charge in [-0.3, -0.25) is 4.79 Å². The average molecular weight is 210 g/mol. The van der Waals surface area contributed by atoms with Crippen molar-refractivity contribution in [1.29, 1.82) is 0 Å². The Bertz CT molecular complexity index is 317. The maximum atomic E-state index is 11.7. The van der Waals surface area contributed by atoms with E-state index in [0.717, 1.165) is 5.76 Å². The second-order valence-corrected chi connectivity index (χ2v) is 3.98. The van der Waals surface area contributed by atoms with Gasteiger partial charge in [0.1, 0.15) is 5.76 Å². The SMILES string of the molecule is CCC(C)(N)C(=O)NC(C)c1ccco1. The van der Waals surface area contributed by atoms with Crippen molar-refractivity contribution in [2.45, 2.75) is 38.8 Å². The highest BCUT2D eigenvalue weighted by atomic mass is 16.3. The summed E-state index contributed by atoms with van der Waals surface area (Å²) in [6.45, 7) is 5.47. The fourth-order valence-electron chi connectivity index (χ4n) is 1.13. The molecule has 1 aromatic heterocycles. The molecule has 0 aromatic carbocycles. The van der Waals surface area contributed by atoms with Crippen LogP contribution in [0.25, 0.3) is 0 Å². The number of hydrogen-bond donors (Lipinski definition) is 2. The van der Waals surface area contributed by atoms with E-state index in [1.54, 1.807) is 19.3 Å². The number of hydrogen-bond acceptors (Lipinski definition) is 3. The first-order valence-electron chi connectivity index (χ1n) is 5.10. The molecule has 2 unspecified atom stereocenters. The van der Waals surface area contributed by atoms with Crippen LogP contribution in [0.15, 0.2) is 22.8 Å². The lowest BCUT2D eigenvalue weighted by Crippen LogP contribution is -2.51. The summed E-state index contributed by atoms with van der Waals surface area (Å²) in [5.41, 5.74) is 5.00. The van der Waals surface area contributed by atoms with Crippen molar-refractivity contribution in [3.05, 3.63) is 24.2 Å². The first kappa shape index (κ1) is 11.8. The van der Waals surface area contributed by atoms with Gasteiger partial charge in [0, 0.05) is 0 Å². The van der Waals surface area contributed by atoms with E-state index in [4.69, 9.17) is 10.2 Å². The van der Waals surface area contributed by atoms with E-state index in [0.29, 0.717) is 6.42 Å². The van der Waals surface area contributed by atoms with Gasteiger partial charge in [0.05, 0.1) is 17.8 Å². The van der Waals surface area contributed by atoms with Crippen LogP contribution in [-0.4, -0.2) is 11.4 Å². The molecule has 1 heterocycles. The molecular formula is C11H18N2O2. The van der Waals surface area contributed by atoms with Gasteiger partial charge in [-0.25, -0.2) is 0 Å². The topological polar surface area (TPSA) is 68.3 Å². The van der Waals surface area contributed by atoms with Gasteiger partial charge in [-0.2, -0.15) is 0 Å². The number of amides is 1. The smallest absolute Gasteiger partial charge is 0.240 e. The summed E-state index contributed by atoms with van der Waals surface area (Å²) in [5, 5.41) is 2.82. The van der Waals surface area contributed by atoms with Gasteiger partial charge in [-0.1, -0.05) is 6.92 Å². The van der Waals surface area contributed by atoms with Crippen molar-refractivity contribution < 1.29 is 9.21 Å². The predicted octanol–water partition coefficient (Wildman–Crippen LogP) is 1.58. The standard InChI is InChI=1S/C11H18N2O2/c1-4-11(3,12)10(14)13-8(2)9-6-5-7-15-9/h5-8H,4,12H2,1-3H3,(H,13,14). The summed E-state index contributed by atoms with van der Waals surface area (Å²) in [6.07, 6.45) is 2.18. The first-order valence-corrected chi connectivity index (χ1v) is 5.10. The Morgan fingerprint density at radius 3 is 2.87 bits per heavy atom. The molecule has 1 rings (SSSR count). The number of carbonyl (C=O) groups excluding carboxylic acids is 1. The van der Waals surface area contributed by atoms with Crippen LogP contribution in [0.3, 0.4) is 0 Å². The molecule has 84 valence electrons. The van der Waals surface area contributed by atoms with Gasteiger partial charge in [0.25, 0.3) is 0 Å². The van der Waals surface area contributed by atoms with Crippen LogP contribution in [0.5, 0.6) is 0 Å². The molecule has 0 aliphatic carbocycles. The highest BCUT2D eigenvalue weighted by molar-refractivity contribution is 5.85. The Morgan fingerprint density at radius 2 is 2.40 bits per heavy atom. The van der Waals surface area contributed by atoms with Crippen molar-refractivity contribution in [1.82, 2.24) is 5.32 Å². The second-order valence-electron chi connectivity index (χ2n) is 3.98. The van der Waals surface area contributed by atoms with Gasteiger partial charge >= 0.3 is 0 Å². The third-order valence-electron chi connectivity index (χ3n) is 2.57. The third-order valence-corrected chi connectivity index (χ3v) is 2.57. The lowest BCUT2D eigenvalue weighted by Gasteiger charge is -2.23. The molecule has 3 N–H and O–H groups in total. The van der Waals surface area contributed by atoms with Crippen LogP contribution in [0.1, 0.15) is 39.0 Å². The zero-order chi connectivity index (χ0) is 11.5. The minimum Gasteiger partial charge on any atom is -0.467 e. The van der Waals surface area contributed by atoms with Crippen molar-refractivity contribution in [2.75, 3.05) is 0 Å². The van der Waals surface area contributed by atoms with E-state index < -0.39 is 5.54 Å². The van der Waals surface area contributed by atoms with Crippen molar-refractivity contribution in [2.24, 2.45) is 5.73 Å². The number of rotatable bonds is 4. The maximum Gasteiger partial charge on any atom is 0.240 e. The van der Waals surface area contributed by atoms with Crippen molar-refractivity contribution in [3.8, 4) is 0 Å². The van der Waals surface area contributed by atoms with Crippen molar-refractivity contribution in [3.63, 3.8) is 0 Å². The van der Waals surface area contributed by atoms with Crippen LogP contribution in [0, 0.1) is 0 Å². The largest absolute Gasteiger partial charge is 0.467 e. The summed E-state index contributed by atoms with van der Waals surface area (Å²) in [6, 6.07) is 3.46. The van der Waals surface area contributed by atoms with Crippen LogP contribution in [-0.2, 0) is 4.79 Å².